The number of rotatable bonds is 5. The molecule has 0 atom stereocenters. The van der Waals surface area contributed by atoms with Crippen LogP contribution in [0, 0.1) is 0 Å². The van der Waals surface area contributed by atoms with Crippen molar-refractivity contribution in [2.75, 3.05) is 19.0 Å². The molecule has 1 rings (SSSR count). The van der Waals surface area contributed by atoms with E-state index in [0.29, 0.717) is 4.47 Å². The Morgan fingerprint density at radius 1 is 1.30 bits per heavy atom. The molecule has 0 saturated carbocycles. The van der Waals surface area contributed by atoms with Crippen LogP contribution in [0.15, 0.2) is 22.7 Å². The Balaban J connectivity index is 2.85. The fourth-order valence-electron chi connectivity index (χ4n) is 1.45. The van der Waals surface area contributed by atoms with Gasteiger partial charge in [-0.05, 0) is 25.1 Å². The highest BCUT2D eigenvalue weighted by Crippen LogP contribution is 2.22. The standard InChI is InChI=1S/C13H14BrNO5/c1-3-20-12(17)7-11(16)15-10-6-8(14)4-5-9(10)13(18)19-2/h4-6H,3,7H2,1-2H3,(H,15,16). The van der Waals surface area contributed by atoms with Crippen LogP contribution in [0.1, 0.15) is 23.7 Å². The van der Waals surface area contributed by atoms with Crippen molar-refractivity contribution in [1.82, 2.24) is 0 Å². The first-order valence-corrected chi connectivity index (χ1v) is 6.60. The Hall–Kier alpha value is -1.89. The van der Waals surface area contributed by atoms with Gasteiger partial charge in [-0.3, -0.25) is 9.59 Å². The lowest BCUT2D eigenvalue weighted by Crippen LogP contribution is -2.19. The molecule has 0 aliphatic rings. The monoisotopic (exact) mass is 343 g/mol. The third-order valence-electron chi connectivity index (χ3n) is 2.27. The number of ether oxygens (including phenoxy) is 2. The first-order chi connectivity index (χ1) is 9.47. The minimum Gasteiger partial charge on any atom is -0.466 e. The third kappa shape index (κ3) is 4.65. The van der Waals surface area contributed by atoms with Crippen LogP contribution in [-0.4, -0.2) is 31.6 Å². The van der Waals surface area contributed by atoms with Gasteiger partial charge in [0.25, 0.3) is 0 Å². The summed E-state index contributed by atoms with van der Waals surface area (Å²) in [6.07, 6.45) is -0.416. The molecule has 20 heavy (non-hydrogen) atoms. The molecule has 6 nitrogen and oxygen atoms in total. The van der Waals surface area contributed by atoms with E-state index >= 15 is 0 Å². The fourth-order valence-corrected chi connectivity index (χ4v) is 1.81. The summed E-state index contributed by atoms with van der Waals surface area (Å²) >= 11 is 3.24. The summed E-state index contributed by atoms with van der Waals surface area (Å²) < 4.78 is 9.97. The fraction of sp³-hybridized carbons (Fsp3) is 0.308. The molecule has 0 aliphatic carbocycles. The lowest BCUT2D eigenvalue weighted by Gasteiger charge is -2.10. The Morgan fingerprint density at radius 2 is 2.00 bits per heavy atom. The van der Waals surface area contributed by atoms with E-state index in [0.717, 1.165) is 0 Å². The number of hydrogen-bond donors (Lipinski definition) is 1. The SMILES string of the molecule is CCOC(=O)CC(=O)Nc1cc(Br)ccc1C(=O)OC. The number of carbonyl (C=O) groups is 3. The van der Waals surface area contributed by atoms with E-state index in [2.05, 4.69) is 30.7 Å². The second kappa shape index (κ2) is 7.64. The highest BCUT2D eigenvalue weighted by Gasteiger charge is 2.16. The number of amides is 1. The molecule has 0 aliphatic heterocycles. The molecule has 0 radical (unpaired) electrons. The Bertz CT molecular complexity index is 529. The zero-order valence-corrected chi connectivity index (χ0v) is 12.7. The number of benzene rings is 1. The number of hydrogen-bond acceptors (Lipinski definition) is 5. The van der Waals surface area contributed by atoms with Crippen LogP contribution < -0.4 is 5.32 Å². The summed E-state index contributed by atoms with van der Waals surface area (Å²) in [5.41, 5.74) is 0.466. The van der Waals surface area contributed by atoms with Gasteiger partial charge in [0.05, 0.1) is 25.0 Å². The van der Waals surface area contributed by atoms with Gasteiger partial charge in [-0.15, -0.1) is 0 Å². The molecule has 0 fully saturated rings. The van der Waals surface area contributed by atoms with E-state index in [1.54, 1.807) is 19.1 Å². The second-order valence-electron chi connectivity index (χ2n) is 3.71. The summed E-state index contributed by atoms with van der Waals surface area (Å²) in [5.74, 6) is -1.77. The van der Waals surface area contributed by atoms with E-state index in [4.69, 9.17) is 0 Å². The van der Waals surface area contributed by atoms with Gasteiger partial charge in [-0.2, -0.15) is 0 Å². The molecule has 7 heteroatoms. The predicted octanol–water partition coefficient (Wildman–Crippen LogP) is 2.13. The van der Waals surface area contributed by atoms with E-state index in [1.807, 2.05) is 0 Å². The maximum Gasteiger partial charge on any atom is 0.339 e. The minimum absolute atomic E-state index is 0.202. The van der Waals surface area contributed by atoms with Crippen LogP contribution in [0.25, 0.3) is 0 Å². The van der Waals surface area contributed by atoms with Crippen molar-refractivity contribution in [3.05, 3.63) is 28.2 Å². The third-order valence-corrected chi connectivity index (χ3v) is 2.76. The van der Waals surface area contributed by atoms with Gasteiger partial charge in [0.2, 0.25) is 5.91 Å². The Labute approximate surface area is 124 Å². The van der Waals surface area contributed by atoms with Crippen molar-refractivity contribution >= 4 is 39.5 Å². The number of carbonyl (C=O) groups excluding carboxylic acids is 3. The Kier molecular flexibility index (Phi) is 6.17. The van der Waals surface area contributed by atoms with E-state index < -0.39 is 24.3 Å². The van der Waals surface area contributed by atoms with E-state index in [9.17, 15) is 14.4 Å². The number of halogens is 1. The molecule has 1 aromatic carbocycles. The molecule has 1 amide bonds. The van der Waals surface area contributed by atoms with Crippen LogP contribution in [-0.2, 0) is 19.1 Å². The van der Waals surface area contributed by atoms with Crippen LogP contribution in [0.4, 0.5) is 5.69 Å². The predicted molar refractivity (Wildman–Crippen MR) is 75.4 cm³/mol. The summed E-state index contributed by atoms with van der Waals surface area (Å²) in [6, 6.07) is 4.71. The first kappa shape index (κ1) is 16.2. The molecule has 1 N–H and O–H groups in total. The maximum atomic E-state index is 11.7. The molecule has 0 bridgehead atoms. The molecule has 1 aromatic rings. The number of anilines is 1. The molecule has 0 aromatic heterocycles. The summed E-state index contributed by atoms with van der Waals surface area (Å²) in [7, 11) is 1.24. The van der Waals surface area contributed by atoms with Gasteiger partial charge in [0, 0.05) is 4.47 Å². The van der Waals surface area contributed by atoms with Crippen molar-refractivity contribution in [2.45, 2.75) is 13.3 Å². The molecular formula is C13H14BrNO5. The van der Waals surface area contributed by atoms with Crippen molar-refractivity contribution in [3.63, 3.8) is 0 Å². The highest BCUT2D eigenvalue weighted by molar-refractivity contribution is 9.10. The average molecular weight is 344 g/mol. The molecule has 0 saturated heterocycles. The molecule has 0 spiro atoms. The molecular weight excluding hydrogens is 330 g/mol. The number of methoxy groups -OCH3 is 1. The summed E-state index contributed by atoms with van der Waals surface area (Å²) in [4.78, 5) is 34.5. The lowest BCUT2D eigenvalue weighted by molar-refractivity contribution is -0.145. The van der Waals surface area contributed by atoms with Gasteiger partial charge >= 0.3 is 11.9 Å². The van der Waals surface area contributed by atoms with Crippen LogP contribution >= 0.6 is 15.9 Å². The van der Waals surface area contributed by atoms with Gasteiger partial charge in [-0.1, -0.05) is 15.9 Å². The average Bonchev–Trinajstić information content (AvgIpc) is 2.38. The summed E-state index contributed by atoms with van der Waals surface area (Å²) in [5, 5.41) is 2.49. The second-order valence-corrected chi connectivity index (χ2v) is 4.63. The molecule has 108 valence electrons. The molecule has 0 unspecified atom stereocenters. The van der Waals surface area contributed by atoms with E-state index in [-0.39, 0.29) is 17.9 Å². The van der Waals surface area contributed by atoms with Crippen LogP contribution in [0.2, 0.25) is 0 Å². The van der Waals surface area contributed by atoms with Gasteiger partial charge in [-0.25, -0.2) is 4.79 Å². The topological polar surface area (TPSA) is 81.7 Å². The lowest BCUT2D eigenvalue weighted by atomic mass is 10.1. The Morgan fingerprint density at radius 3 is 2.60 bits per heavy atom. The van der Waals surface area contributed by atoms with Gasteiger partial charge in [0.15, 0.2) is 0 Å². The van der Waals surface area contributed by atoms with Crippen molar-refractivity contribution in [1.29, 1.82) is 0 Å². The zero-order valence-electron chi connectivity index (χ0n) is 11.1. The van der Waals surface area contributed by atoms with Crippen molar-refractivity contribution in [2.24, 2.45) is 0 Å². The zero-order chi connectivity index (χ0) is 15.1. The maximum absolute atomic E-state index is 11.7. The minimum atomic E-state index is -0.625. The van der Waals surface area contributed by atoms with Gasteiger partial charge in [0.1, 0.15) is 6.42 Å². The number of nitrogens with one attached hydrogen (secondary N) is 1. The largest absolute Gasteiger partial charge is 0.466 e. The summed E-state index contributed by atoms with van der Waals surface area (Å²) in [6.45, 7) is 1.86. The van der Waals surface area contributed by atoms with E-state index in [1.165, 1.54) is 13.2 Å². The normalized spacial score (nSPS) is 9.75. The first-order valence-electron chi connectivity index (χ1n) is 5.81. The molecule has 0 heterocycles. The number of esters is 2. The van der Waals surface area contributed by atoms with Crippen molar-refractivity contribution in [3.8, 4) is 0 Å². The quantitative estimate of drug-likeness (QED) is 0.654. The van der Waals surface area contributed by atoms with Crippen molar-refractivity contribution < 1.29 is 23.9 Å². The van der Waals surface area contributed by atoms with Crippen LogP contribution in [0.5, 0.6) is 0 Å². The highest BCUT2D eigenvalue weighted by atomic mass is 79.9. The smallest absolute Gasteiger partial charge is 0.339 e. The van der Waals surface area contributed by atoms with Gasteiger partial charge < -0.3 is 14.8 Å². The van der Waals surface area contributed by atoms with Crippen LogP contribution in [0.3, 0.4) is 0 Å².